The Balaban J connectivity index is 2.43. The number of hydrogen-bond donors (Lipinski definition) is 1. The molecule has 18 heavy (non-hydrogen) atoms. The van der Waals surface area contributed by atoms with E-state index < -0.39 is 0 Å². The molecule has 0 spiro atoms. The van der Waals surface area contributed by atoms with Crippen LogP contribution in [0.25, 0.3) is 11.0 Å². The summed E-state index contributed by atoms with van der Waals surface area (Å²) in [6.07, 6.45) is 0.939. The van der Waals surface area contributed by atoms with Crippen molar-refractivity contribution in [3.05, 3.63) is 24.0 Å². The number of aryl methyl sites for hydroxylation is 1. The van der Waals surface area contributed by atoms with Crippen LogP contribution in [-0.4, -0.2) is 16.7 Å². The fourth-order valence-corrected chi connectivity index (χ4v) is 2.27. The first kappa shape index (κ1) is 12.9. The number of aromatic nitrogens is 2. The third-order valence-electron chi connectivity index (χ3n) is 3.18. The average molecular weight is 247 g/mol. The normalized spacial score (nSPS) is 13.2. The molecule has 0 aliphatic rings. The Morgan fingerprint density at radius 3 is 2.72 bits per heavy atom. The van der Waals surface area contributed by atoms with Crippen LogP contribution >= 0.6 is 0 Å². The zero-order valence-corrected chi connectivity index (χ0v) is 11.5. The smallest absolute Gasteiger partial charge is 0.126 e. The highest BCUT2D eigenvalue weighted by Crippen LogP contribution is 2.25. The molecule has 1 atom stereocenters. The van der Waals surface area contributed by atoms with Gasteiger partial charge in [-0.3, -0.25) is 0 Å². The summed E-state index contributed by atoms with van der Waals surface area (Å²) in [5, 5.41) is 0. The Kier molecular flexibility index (Phi) is 3.57. The van der Waals surface area contributed by atoms with Gasteiger partial charge in [-0.25, -0.2) is 4.98 Å². The topological polar surface area (TPSA) is 53.1 Å². The monoisotopic (exact) mass is 247 g/mol. The van der Waals surface area contributed by atoms with Gasteiger partial charge in [-0.05, 0) is 24.5 Å². The van der Waals surface area contributed by atoms with E-state index in [4.69, 9.17) is 10.5 Å². The molecular weight excluding hydrogens is 226 g/mol. The van der Waals surface area contributed by atoms with Gasteiger partial charge in [0.25, 0.3) is 0 Å². The van der Waals surface area contributed by atoms with Gasteiger partial charge in [-0.1, -0.05) is 13.8 Å². The van der Waals surface area contributed by atoms with E-state index >= 15 is 0 Å². The van der Waals surface area contributed by atoms with Gasteiger partial charge in [0.05, 0.1) is 24.2 Å². The maximum Gasteiger partial charge on any atom is 0.126 e. The van der Waals surface area contributed by atoms with Crippen LogP contribution in [-0.2, 0) is 7.05 Å². The first-order valence-corrected chi connectivity index (χ1v) is 6.29. The van der Waals surface area contributed by atoms with Crippen LogP contribution in [0.15, 0.2) is 18.2 Å². The molecule has 0 aliphatic heterocycles. The molecular formula is C14H21N3O. The Morgan fingerprint density at radius 2 is 2.11 bits per heavy atom. The molecule has 4 heteroatoms. The number of rotatable bonds is 4. The summed E-state index contributed by atoms with van der Waals surface area (Å²) in [6.45, 7) is 4.34. The molecule has 0 fully saturated rings. The van der Waals surface area contributed by atoms with Gasteiger partial charge in [0.1, 0.15) is 11.6 Å². The van der Waals surface area contributed by atoms with E-state index in [0.717, 1.165) is 29.0 Å². The van der Waals surface area contributed by atoms with E-state index in [2.05, 4.69) is 23.4 Å². The zero-order valence-electron chi connectivity index (χ0n) is 11.5. The van der Waals surface area contributed by atoms with E-state index in [0.29, 0.717) is 5.92 Å². The van der Waals surface area contributed by atoms with Crippen LogP contribution in [0.4, 0.5) is 0 Å². The van der Waals surface area contributed by atoms with Crippen molar-refractivity contribution < 1.29 is 4.74 Å². The third kappa shape index (κ3) is 2.34. The number of ether oxygens (including phenoxy) is 1. The fraction of sp³-hybridized carbons (Fsp3) is 0.500. The molecule has 4 nitrogen and oxygen atoms in total. The summed E-state index contributed by atoms with van der Waals surface area (Å²) in [7, 11) is 3.67. The van der Waals surface area contributed by atoms with Gasteiger partial charge >= 0.3 is 0 Å². The molecule has 0 radical (unpaired) electrons. The number of hydrogen-bond acceptors (Lipinski definition) is 3. The first-order chi connectivity index (χ1) is 8.52. The van der Waals surface area contributed by atoms with Crippen molar-refractivity contribution in [2.45, 2.75) is 26.3 Å². The van der Waals surface area contributed by atoms with E-state index in [9.17, 15) is 0 Å². The summed E-state index contributed by atoms with van der Waals surface area (Å²) in [6, 6.07) is 5.89. The van der Waals surface area contributed by atoms with Crippen molar-refractivity contribution in [2.75, 3.05) is 7.11 Å². The van der Waals surface area contributed by atoms with Gasteiger partial charge in [-0.15, -0.1) is 0 Å². The molecule has 98 valence electrons. The maximum atomic E-state index is 6.22. The summed E-state index contributed by atoms with van der Waals surface area (Å²) in [4.78, 5) is 4.63. The molecule has 1 unspecified atom stereocenters. The zero-order chi connectivity index (χ0) is 13.3. The van der Waals surface area contributed by atoms with E-state index in [1.165, 1.54) is 0 Å². The molecule has 0 aliphatic carbocycles. The van der Waals surface area contributed by atoms with Crippen LogP contribution in [0.2, 0.25) is 0 Å². The van der Waals surface area contributed by atoms with E-state index in [1.807, 2.05) is 25.2 Å². The van der Waals surface area contributed by atoms with Crippen LogP contribution in [0.5, 0.6) is 5.75 Å². The Bertz CT molecular complexity index is 545. The molecule has 2 N–H and O–H groups in total. The Hall–Kier alpha value is -1.55. The van der Waals surface area contributed by atoms with Crippen molar-refractivity contribution in [1.82, 2.24) is 9.55 Å². The summed E-state index contributed by atoms with van der Waals surface area (Å²) in [5.41, 5.74) is 8.24. The van der Waals surface area contributed by atoms with Gasteiger partial charge in [0.15, 0.2) is 0 Å². The second-order valence-electron chi connectivity index (χ2n) is 5.12. The summed E-state index contributed by atoms with van der Waals surface area (Å²) < 4.78 is 7.29. The second-order valence-corrected chi connectivity index (χ2v) is 5.12. The van der Waals surface area contributed by atoms with Crippen molar-refractivity contribution in [1.29, 1.82) is 0 Å². The molecule has 0 amide bonds. The Morgan fingerprint density at radius 1 is 1.39 bits per heavy atom. The lowest BCUT2D eigenvalue weighted by Gasteiger charge is -2.13. The molecule has 0 saturated carbocycles. The molecule has 0 bridgehead atoms. The minimum Gasteiger partial charge on any atom is -0.497 e. The van der Waals surface area contributed by atoms with Crippen LogP contribution < -0.4 is 10.5 Å². The van der Waals surface area contributed by atoms with E-state index in [-0.39, 0.29) is 6.04 Å². The highest BCUT2D eigenvalue weighted by molar-refractivity contribution is 5.77. The maximum absolute atomic E-state index is 6.22. The SMILES string of the molecule is COc1ccc2c(c1)nc(C(N)CC(C)C)n2C. The summed E-state index contributed by atoms with van der Waals surface area (Å²) in [5.74, 6) is 2.32. The number of nitrogens with zero attached hydrogens (tertiary/aromatic N) is 2. The largest absolute Gasteiger partial charge is 0.497 e. The lowest BCUT2D eigenvalue weighted by Crippen LogP contribution is -2.17. The standard InChI is InChI=1S/C14H21N3O/c1-9(2)7-11(15)14-16-12-8-10(18-4)5-6-13(12)17(14)3/h5-6,8-9,11H,7,15H2,1-4H3. The van der Waals surface area contributed by atoms with E-state index in [1.54, 1.807) is 7.11 Å². The highest BCUT2D eigenvalue weighted by atomic mass is 16.5. The second kappa shape index (κ2) is 4.98. The summed E-state index contributed by atoms with van der Waals surface area (Å²) >= 11 is 0. The number of methoxy groups -OCH3 is 1. The third-order valence-corrected chi connectivity index (χ3v) is 3.18. The van der Waals surface area contributed by atoms with Crippen LogP contribution in [0.3, 0.4) is 0 Å². The molecule has 1 heterocycles. The number of nitrogens with two attached hydrogens (primary N) is 1. The minimum atomic E-state index is -0.0200. The number of fused-ring (bicyclic) bond motifs is 1. The van der Waals surface area contributed by atoms with Crippen molar-refractivity contribution in [3.63, 3.8) is 0 Å². The van der Waals surface area contributed by atoms with Crippen molar-refractivity contribution in [2.24, 2.45) is 18.7 Å². The van der Waals surface area contributed by atoms with Gasteiger partial charge in [0, 0.05) is 13.1 Å². The Labute approximate surface area is 108 Å². The van der Waals surface area contributed by atoms with Gasteiger partial charge in [0.2, 0.25) is 0 Å². The minimum absolute atomic E-state index is 0.0200. The first-order valence-electron chi connectivity index (χ1n) is 6.29. The predicted molar refractivity (Wildman–Crippen MR) is 73.6 cm³/mol. The lowest BCUT2D eigenvalue weighted by molar-refractivity contribution is 0.415. The molecule has 2 rings (SSSR count). The molecule has 1 aromatic heterocycles. The number of imidazole rings is 1. The van der Waals surface area contributed by atoms with Gasteiger partial charge in [-0.2, -0.15) is 0 Å². The average Bonchev–Trinajstić information content (AvgIpc) is 2.65. The van der Waals surface area contributed by atoms with Crippen molar-refractivity contribution >= 4 is 11.0 Å². The van der Waals surface area contributed by atoms with Crippen molar-refractivity contribution in [3.8, 4) is 5.75 Å². The lowest BCUT2D eigenvalue weighted by atomic mass is 10.0. The molecule has 1 aromatic carbocycles. The van der Waals surface area contributed by atoms with Crippen LogP contribution in [0, 0.1) is 5.92 Å². The quantitative estimate of drug-likeness (QED) is 0.903. The molecule has 0 saturated heterocycles. The fourth-order valence-electron chi connectivity index (χ4n) is 2.27. The highest BCUT2D eigenvalue weighted by Gasteiger charge is 2.16. The number of benzene rings is 1. The van der Waals surface area contributed by atoms with Crippen LogP contribution in [0.1, 0.15) is 32.1 Å². The van der Waals surface area contributed by atoms with Gasteiger partial charge < -0.3 is 15.0 Å². The predicted octanol–water partition coefficient (Wildman–Crippen LogP) is 2.63. The molecule has 2 aromatic rings.